The summed E-state index contributed by atoms with van der Waals surface area (Å²) in [7, 11) is -1.14. The van der Waals surface area contributed by atoms with Crippen molar-refractivity contribution < 1.29 is 17.7 Å². The summed E-state index contributed by atoms with van der Waals surface area (Å²) in [6.45, 7) is 0.631. The van der Waals surface area contributed by atoms with E-state index in [4.69, 9.17) is 32.7 Å². The van der Waals surface area contributed by atoms with E-state index in [2.05, 4.69) is 20.1 Å². The lowest BCUT2D eigenvalue weighted by Crippen LogP contribution is -2.49. The lowest BCUT2D eigenvalue weighted by atomic mass is 9.97. The van der Waals surface area contributed by atoms with Crippen molar-refractivity contribution in [3.63, 3.8) is 0 Å². The molecular formula is C30H32Cl2N6O4S2. The number of halogens is 2. The third kappa shape index (κ3) is 5.60. The number of fused-ring (bicyclic) bond motifs is 3. The molecule has 10 nitrogen and oxygen atoms in total. The molecule has 1 saturated carbocycles. The van der Waals surface area contributed by atoms with Crippen molar-refractivity contribution in [3.05, 3.63) is 63.3 Å². The molecule has 2 aromatic carbocycles. The molecular weight excluding hydrogens is 643 g/mol. The first-order chi connectivity index (χ1) is 21.1. The summed E-state index contributed by atoms with van der Waals surface area (Å²) in [5, 5.41) is 10.3. The molecule has 14 heteroatoms. The lowest BCUT2D eigenvalue weighted by molar-refractivity contribution is 0.0980. The van der Waals surface area contributed by atoms with Crippen molar-refractivity contribution >= 4 is 66.0 Å². The predicted molar refractivity (Wildman–Crippen MR) is 173 cm³/mol. The van der Waals surface area contributed by atoms with Crippen molar-refractivity contribution in [1.29, 1.82) is 0 Å². The van der Waals surface area contributed by atoms with Gasteiger partial charge in [0.05, 0.1) is 20.3 Å². The summed E-state index contributed by atoms with van der Waals surface area (Å²) in [5.41, 5.74) is 3.55. The molecule has 4 heterocycles. The fourth-order valence-corrected chi connectivity index (χ4v) is 8.67. The van der Waals surface area contributed by atoms with Crippen LogP contribution >= 0.6 is 34.5 Å². The molecule has 1 amide bonds. The van der Waals surface area contributed by atoms with Gasteiger partial charge in [-0.3, -0.25) is 4.79 Å². The number of benzene rings is 2. The number of aromatic nitrogens is 2. The Hall–Kier alpha value is -2.74. The molecule has 2 bridgehead atoms. The monoisotopic (exact) mass is 674 g/mol. The van der Waals surface area contributed by atoms with E-state index >= 15 is 0 Å². The van der Waals surface area contributed by atoms with Crippen LogP contribution in [0.15, 0.2) is 40.9 Å². The molecule has 232 valence electrons. The number of carbonyl (C=O) groups excluding carboxylic acids is 1. The van der Waals surface area contributed by atoms with Gasteiger partial charge in [-0.05, 0) is 68.9 Å². The van der Waals surface area contributed by atoms with Gasteiger partial charge in [0.1, 0.15) is 11.5 Å². The van der Waals surface area contributed by atoms with Crippen LogP contribution in [-0.4, -0.2) is 61.0 Å². The molecule has 2 aliphatic heterocycles. The van der Waals surface area contributed by atoms with Gasteiger partial charge in [0.25, 0.3) is 5.91 Å². The van der Waals surface area contributed by atoms with E-state index in [0.717, 1.165) is 75.2 Å². The van der Waals surface area contributed by atoms with Gasteiger partial charge in [-0.2, -0.15) is 12.7 Å². The summed E-state index contributed by atoms with van der Waals surface area (Å²) >= 11 is 14.7. The van der Waals surface area contributed by atoms with Crippen molar-refractivity contribution in [1.82, 2.24) is 24.5 Å². The van der Waals surface area contributed by atoms with Crippen LogP contribution in [0, 0.1) is 0 Å². The number of thiazole rings is 1. The maximum absolute atomic E-state index is 12.6. The number of nitrogens with zero attached hydrogens (tertiary/aromatic N) is 4. The van der Waals surface area contributed by atoms with Crippen LogP contribution in [-0.2, 0) is 16.8 Å². The number of amides is 1. The average molecular weight is 676 g/mol. The highest BCUT2D eigenvalue weighted by molar-refractivity contribution is 7.87. The quantitative estimate of drug-likeness (QED) is 0.223. The van der Waals surface area contributed by atoms with E-state index in [9.17, 15) is 13.2 Å². The summed E-state index contributed by atoms with van der Waals surface area (Å²) in [5.74, 6) is 0.668. The zero-order valence-electron chi connectivity index (χ0n) is 24.2. The second kappa shape index (κ2) is 11.6. The van der Waals surface area contributed by atoms with Crippen LogP contribution in [0.2, 0.25) is 10.0 Å². The second-order valence-corrected chi connectivity index (χ2v) is 15.7. The molecule has 3 fully saturated rings. The number of anilines is 1. The van der Waals surface area contributed by atoms with Gasteiger partial charge >= 0.3 is 10.2 Å². The number of piperidine rings is 1. The zero-order chi connectivity index (χ0) is 30.7. The van der Waals surface area contributed by atoms with Gasteiger partial charge < -0.3 is 14.7 Å². The van der Waals surface area contributed by atoms with Crippen LogP contribution in [0.25, 0.3) is 21.5 Å². The van der Waals surface area contributed by atoms with Gasteiger partial charge in [0, 0.05) is 61.4 Å². The van der Waals surface area contributed by atoms with Crippen molar-refractivity contribution in [3.8, 4) is 11.3 Å². The molecule has 0 spiro atoms. The summed E-state index contributed by atoms with van der Waals surface area (Å²) in [6, 6.07) is 11.6. The zero-order valence-corrected chi connectivity index (χ0v) is 27.4. The van der Waals surface area contributed by atoms with Crippen molar-refractivity contribution in [2.45, 2.75) is 69.1 Å². The van der Waals surface area contributed by atoms with Gasteiger partial charge in [-0.15, -0.1) is 0 Å². The standard InChI is InChI=1S/C30H32Cl2N6O4S2/c1-37(2)44(40,41)36-29(39)17-8-11-24-25(12-17)43-30(34-24)38-19-9-10-20(38)14-18(13-19)33-15-21-27(35-42-28(21)16-6-7-16)26-22(31)4-3-5-23(26)32/h3-5,8,11-12,16,18-20,33H,6-7,9-10,13-15H2,1-2H3,(H,36,39). The van der Waals surface area contributed by atoms with E-state index in [0.29, 0.717) is 46.2 Å². The first-order valence-corrected chi connectivity index (χ1v) is 17.7. The van der Waals surface area contributed by atoms with Crippen LogP contribution in [0.3, 0.4) is 0 Å². The van der Waals surface area contributed by atoms with E-state index in [1.54, 1.807) is 29.5 Å². The Labute approximate surface area is 269 Å². The molecule has 44 heavy (non-hydrogen) atoms. The van der Waals surface area contributed by atoms with E-state index in [-0.39, 0.29) is 5.56 Å². The second-order valence-electron chi connectivity index (χ2n) is 12.0. The molecule has 0 radical (unpaired) electrons. The fourth-order valence-electron chi connectivity index (χ4n) is 6.41. The minimum Gasteiger partial charge on any atom is -0.360 e. The topological polar surface area (TPSA) is 121 Å². The normalized spacial score (nSPS) is 21.8. The fraction of sp³-hybridized carbons (Fsp3) is 0.433. The third-order valence-corrected chi connectivity index (χ3v) is 11.9. The van der Waals surface area contributed by atoms with Gasteiger partial charge in [0.15, 0.2) is 5.13 Å². The van der Waals surface area contributed by atoms with E-state index in [1.807, 2.05) is 18.2 Å². The molecule has 2 aromatic heterocycles. The Balaban J connectivity index is 1.06. The number of nitrogens with one attached hydrogen (secondary N) is 2. The largest absolute Gasteiger partial charge is 0.360 e. The summed E-state index contributed by atoms with van der Waals surface area (Å²) in [4.78, 5) is 20.0. The van der Waals surface area contributed by atoms with Gasteiger partial charge in [-0.1, -0.05) is 45.8 Å². The Bertz CT molecular complexity index is 1820. The molecule has 7 rings (SSSR count). The highest BCUT2D eigenvalue weighted by Gasteiger charge is 2.42. The van der Waals surface area contributed by atoms with E-state index in [1.165, 1.54) is 14.1 Å². The minimum atomic E-state index is -3.88. The van der Waals surface area contributed by atoms with Crippen LogP contribution in [0.1, 0.15) is 66.1 Å². The Morgan fingerprint density at radius 3 is 2.45 bits per heavy atom. The molecule has 2 saturated heterocycles. The summed E-state index contributed by atoms with van der Waals surface area (Å²) in [6.07, 6.45) is 6.35. The van der Waals surface area contributed by atoms with Gasteiger partial charge in [-0.25, -0.2) is 9.71 Å². The number of rotatable bonds is 9. The van der Waals surface area contributed by atoms with Crippen LogP contribution in [0.4, 0.5) is 5.13 Å². The Morgan fingerprint density at radius 1 is 1.09 bits per heavy atom. The number of hydrogen-bond acceptors (Lipinski definition) is 9. The number of hydrogen-bond donors (Lipinski definition) is 2. The van der Waals surface area contributed by atoms with Crippen molar-refractivity contribution in [2.24, 2.45) is 0 Å². The minimum absolute atomic E-state index is 0.278. The SMILES string of the molecule is CN(C)S(=O)(=O)NC(=O)c1ccc2nc(N3C4CCC3CC(NCc3c(-c5c(Cl)cccc5Cl)noc3C3CC3)C4)sc2c1. The Kier molecular flexibility index (Phi) is 7.87. The average Bonchev–Trinajstić information content (AvgIpc) is 3.51. The molecule has 1 aliphatic carbocycles. The van der Waals surface area contributed by atoms with Gasteiger partial charge in [0.2, 0.25) is 0 Å². The molecule has 4 aromatic rings. The maximum atomic E-state index is 12.6. The first-order valence-electron chi connectivity index (χ1n) is 14.7. The number of carbonyl (C=O) groups is 1. The highest BCUT2D eigenvalue weighted by atomic mass is 35.5. The molecule has 3 aliphatic rings. The smallest absolute Gasteiger partial charge is 0.303 e. The Morgan fingerprint density at radius 2 is 1.80 bits per heavy atom. The predicted octanol–water partition coefficient (Wildman–Crippen LogP) is 5.96. The third-order valence-electron chi connectivity index (χ3n) is 8.83. The van der Waals surface area contributed by atoms with E-state index < -0.39 is 16.1 Å². The lowest BCUT2D eigenvalue weighted by Gasteiger charge is -2.39. The van der Waals surface area contributed by atoms with Crippen molar-refractivity contribution in [2.75, 3.05) is 19.0 Å². The molecule has 2 unspecified atom stereocenters. The van der Waals surface area contributed by atoms with Crippen LogP contribution in [0.5, 0.6) is 0 Å². The van der Waals surface area contributed by atoms with Crippen LogP contribution < -0.4 is 14.9 Å². The maximum Gasteiger partial charge on any atom is 0.303 e. The molecule has 2 N–H and O–H groups in total. The highest BCUT2D eigenvalue weighted by Crippen LogP contribution is 2.46. The molecule has 2 atom stereocenters. The summed E-state index contributed by atoms with van der Waals surface area (Å²) < 4.78 is 34.0. The first kappa shape index (κ1) is 29.9.